The van der Waals surface area contributed by atoms with Crippen molar-refractivity contribution >= 4 is 35.3 Å². The van der Waals surface area contributed by atoms with Gasteiger partial charge in [-0.15, -0.1) is 0 Å². The first kappa shape index (κ1) is 21.2. The quantitative estimate of drug-likeness (QED) is 0.326. The average molecular weight is 404 g/mol. The molecular weight excluding hydrogens is 380 g/mol. The Bertz CT molecular complexity index is 861. The molecule has 3 aliphatic rings. The molecule has 0 saturated heterocycles. The van der Waals surface area contributed by atoms with E-state index in [0.717, 1.165) is 0 Å². The first-order chi connectivity index (χ1) is 13.5. The van der Waals surface area contributed by atoms with Gasteiger partial charge in [0.05, 0.1) is 17.9 Å². The molecule has 156 valence electrons. The fraction of sp³-hybridized carbons (Fsp3) is 0.600. The summed E-state index contributed by atoms with van der Waals surface area (Å²) in [6.45, 7) is 1.69. The Balaban J connectivity index is 2.15. The van der Waals surface area contributed by atoms with Crippen molar-refractivity contribution in [2.45, 2.75) is 31.4 Å². The predicted octanol–water partition coefficient (Wildman–Crippen LogP) is -1.54. The highest BCUT2D eigenvalue weighted by molar-refractivity contribution is 6.31. The maximum Gasteiger partial charge on any atom is 0.235 e. The summed E-state index contributed by atoms with van der Waals surface area (Å²) in [5.74, 6) is -11.0. The van der Waals surface area contributed by atoms with Crippen molar-refractivity contribution < 1.29 is 33.9 Å². The fourth-order valence-electron chi connectivity index (χ4n) is 5.35. The molecule has 6 unspecified atom stereocenters. The van der Waals surface area contributed by atoms with Gasteiger partial charge in [0.1, 0.15) is 6.29 Å². The molecule has 0 aliphatic heterocycles. The van der Waals surface area contributed by atoms with E-state index < -0.39 is 70.3 Å². The maximum atomic E-state index is 13.3. The van der Waals surface area contributed by atoms with Crippen molar-refractivity contribution in [3.63, 3.8) is 0 Å². The third kappa shape index (κ3) is 2.75. The molecule has 3 rings (SSSR count). The van der Waals surface area contributed by atoms with E-state index in [1.54, 1.807) is 27.1 Å². The first-order valence-electron chi connectivity index (χ1n) is 9.46. The van der Waals surface area contributed by atoms with Crippen LogP contribution < -0.4 is 5.73 Å². The van der Waals surface area contributed by atoms with Gasteiger partial charge >= 0.3 is 0 Å². The van der Waals surface area contributed by atoms with Crippen LogP contribution >= 0.6 is 0 Å². The number of primary amides is 1. The maximum absolute atomic E-state index is 13.3. The standard InChI is InChI=1S/C20H24N2O7/c1-4-8-5-9-6-11-14(22(2)3)16(25)13(19(21)28)18(27)20(11,29)17(26)12(9)15(24)10(8)7-23/h4,7,9-14,29H,5-6H2,1-3H3,(H2,21,28)/t9?,10?,11?,12?,13?,14?,20-/m0/s1. The van der Waals surface area contributed by atoms with Crippen LogP contribution in [0.4, 0.5) is 0 Å². The lowest BCUT2D eigenvalue weighted by Crippen LogP contribution is -2.74. The Morgan fingerprint density at radius 1 is 1.17 bits per heavy atom. The highest BCUT2D eigenvalue weighted by Crippen LogP contribution is 2.51. The monoisotopic (exact) mass is 404 g/mol. The molecular formula is C20H24N2O7. The lowest BCUT2D eigenvalue weighted by Gasteiger charge is -2.53. The summed E-state index contributed by atoms with van der Waals surface area (Å²) in [5, 5.41) is 11.3. The molecule has 3 aliphatic carbocycles. The molecule has 0 bridgehead atoms. The van der Waals surface area contributed by atoms with Crippen LogP contribution in [0.25, 0.3) is 0 Å². The lowest BCUT2D eigenvalue weighted by molar-refractivity contribution is -0.183. The van der Waals surface area contributed by atoms with E-state index in [4.69, 9.17) is 5.73 Å². The third-order valence-corrected chi connectivity index (χ3v) is 6.68. The van der Waals surface area contributed by atoms with Crippen molar-refractivity contribution in [1.82, 2.24) is 4.90 Å². The minimum atomic E-state index is -2.68. The zero-order chi connectivity index (χ0) is 21.8. The molecule has 3 fully saturated rings. The van der Waals surface area contributed by atoms with Crippen LogP contribution in [0.1, 0.15) is 19.8 Å². The molecule has 0 aromatic carbocycles. The van der Waals surface area contributed by atoms with Gasteiger partial charge in [-0.05, 0) is 39.8 Å². The van der Waals surface area contributed by atoms with Crippen LogP contribution in [-0.2, 0) is 28.8 Å². The number of hydrogen-bond donors (Lipinski definition) is 2. The Hall–Kier alpha value is -2.52. The van der Waals surface area contributed by atoms with Gasteiger partial charge in [0.15, 0.2) is 34.7 Å². The van der Waals surface area contributed by atoms with E-state index in [2.05, 4.69) is 0 Å². The van der Waals surface area contributed by atoms with Crippen LogP contribution in [-0.4, -0.2) is 71.1 Å². The number of rotatable bonds is 3. The molecule has 0 aromatic rings. The molecule has 9 nitrogen and oxygen atoms in total. The summed E-state index contributed by atoms with van der Waals surface area (Å²) >= 11 is 0. The minimum Gasteiger partial charge on any atom is -0.374 e. The van der Waals surface area contributed by atoms with E-state index >= 15 is 0 Å². The number of carbonyl (C=O) groups is 6. The van der Waals surface area contributed by atoms with Gasteiger partial charge in [-0.2, -0.15) is 0 Å². The van der Waals surface area contributed by atoms with E-state index in [-0.39, 0.29) is 12.8 Å². The number of carbonyl (C=O) groups excluding carboxylic acids is 6. The minimum absolute atomic E-state index is 0.0490. The topological polar surface area (TPSA) is 152 Å². The molecule has 3 N–H and O–H groups in total. The summed E-state index contributed by atoms with van der Waals surface area (Å²) in [4.78, 5) is 76.8. The number of allylic oxidation sites excluding steroid dienone is 2. The van der Waals surface area contributed by atoms with Gasteiger partial charge in [-0.25, -0.2) is 0 Å². The molecule has 0 radical (unpaired) electrons. The molecule has 0 aromatic heterocycles. The van der Waals surface area contributed by atoms with Gasteiger partial charge in [0.25, 0.3) is 0 Å². The largest absolute Gasteiger partial charge is 0.374 e. The summed E-state index contributed by atoms with van der Waals surface area (Å²) < 4.78 is 0. The Morgan fingerprint density at radius 3 is 2.28 bits per heavy atom. The number of aliphatic hydroxyl groups is 1. The average Bonchev–Trinajstić information content (AvgIpc) is 2.63. The number of likely N-dealkylation sites (N-methyl/N-ethyl adjacent to an activating group) is 1. The van der Waals surface area contributed by atoms with Gasteiger partial charge in [0.2, 0.25) is 5.91 Å². The van der Waals surface area contributed by atoms with Crippen molar-refractivity contribution in [2.24, 2.45) is 35.3 Å². The number of aldehydes is 1. The zero-order valence-corrected chi connectivity index (χ0v) is 16.5. The van der Waals surface area contributed by atoms with Gasteiger partial charge in [-0.3, -0.25) is 28.9 Å². The van der Waals surface area contributed by atoms with Gasteiger partial charge in [0, 0.05) is 5.92 Å². The number of amides is 1. The number of hydrogen-bond acceptors (Lipinski definition) is 8. The lowest BCUT2D eigenvalue weighted by atomic mass is 9.51. The molecule has 1 amide bonds. The normalized spacial score (nSPS) is 41.3. The Labute approximate surface area is 167 Å². The number of nitrogens with zero attached hydrogens (tertiary/aromatic N) is 1. The predicted molar refractivity (Wildman–Crippen MR) is 98.2 cm³/mol. The van der Waals surface area contributed by atoms with Crippen LogP contribution in [0.3, 0.4) is 0 Å². The SMILES string of the molecule is CC=C1CC2CC3C(N(C)C)C(=O)C(C(N)=O)C(=O)[C@@]3(O)C(=O)C2C(=O)C1C=O. The molecule has 29 heavy (non-hydrogen) atoms. The second-order valence-corrected chi connectivity index (χ2v) is 8.30. The van der Waals surface area contributed by atoms with Crippen LogP contribution in [0.5, 0.6) is 0 Å². The van der Waals surface area contributed by atoms with Crippen LogP contribution in [0.15, 0.2) is 11.6 Å². The number of fused-ring (bicyclic) bond motifs is 2. The van der Waals surface area contributed by atoms with Crippen molar-refractivity contribution in [1.29, 1.82) is 0 Å². The van der Waals surface area contributed by atoms with E-state index in [0.29, 0.717) is 11.9 Å². The smallest absolute Gasteiger partial charge is 0.235 e. The molecule has 9 heteroatoms. The molecule has 0 heterocycles. The molecule has 7 atom stereocenters. The van der Waals surface area contributed by atoms with Crippen LogP contribution in [0.2, 0.25) is 0 Å². The highest BCUT2D eigenvalue weighted by Gasteiger charge is 2.69. The summed E-state index contributed by atoms with van der Waals surface area (Å²) in [7, 11) is 3.08. The van der Waals surface area contributed by atoms with Gasteiger partial charge < -0.3 is 15.6 Å². The second kappa shape index (κ2) is 7.07. The zero-order valence-electron chi connectivity index (χ0n) is 16.5. The van der Waals surface area contributed by atoms with Crippen LogP contribution in [0, 0.1) is 29.6 Å². The van der Waals surface area contributed by atoms with Crippen molar-refractivity contribution in [3.05, 3.63) is 11.6 Å². The second-order valence-electron chi connectivity index (χ2n) is 8.30. The number of nitrogens with two attached hydrogens (primary N) is 1. The molecule has 3 saturated carbocycles. The van der Waals surface area contributed by atoms with E-state index in [1.807, 2.05) is 0 Å². The van der Waals surface area contributed by atoms with Crippen molar-refractivity contribution in [2.75, 3.05) is 14.1 Å². The van der Waals surface area contributed by atoms with Gasteiger partial charge in [-0.1, -0.05) is 11.6 Å². The third-order valence-electron chi connectivity index (χ3n) is 6.68. The number of Topliss-reactive ketones (excluding diaryl/α,β-unsaturated/α-hetero) is 4. The summed E-state index contributed by atoms with van der Waals surface area (Å²) in [5.41, 5.74) is 3.13. The summed E-state index contributed by atoms with van der Waals surface area (Å²) in [6.07, 6.45) is 2.43. The highest BCUT2D eigenvalue weighted by atomic mass is 16.3. The van der Waals surface area contributed by atoms with E-state index in [9.17, 15) is 33.9 Å². The fourth-order valence-corrected chi connectivity index (χ4v) is 5.35. The Kier molecular flexibility index (Phi) is 5.17. The summed E-state index contributed by atoms with van der Waals surface area (Å²) in [6, 6.07) is -1.09. The van der Waals surface area contributed by atoms with E-state index in [1.165, 1.54) is 4.90 Å². The number of ketones is 4. The first-order valence-corrected chi connectivity index (χ1v) is 9.46. The van der Waals surface area contributed by atoms with Crippen molar-refractivity contribution in [3.8, 4) is 0 Å². The molecule has 0 spiro atoms. The Morgan fingerprint density at radius 2 is 1.79 bits per heavy atom.